The summed E-state index contributed by atoms with van der Waals surface area (Å²) in [6, 6.07) is 4.00. The van der Waals surface area contributed by atoms with Crippen LogP contribution in [0.4, 0.5) is 5.69 Å². The number of benzene rings is 1. The molecule has 0 saturated carbocycles. The molecular weight excluding hydrogens is 302 g/mol. The first-order chi connectivity index (χ1) is 8.04. The summed E-state index contributed by atoms with van der Waals surface area (Å²) in [5.74, 6) is 1.02. The van der Waals surface area contributed by atoms with Crippen LogP contribution in [0.5, 0.6) is 0 Å². The molecule has 1 amide bonds. The predicted octanol–water partition coefficient (Wildman–Crippen LogP) is 3.66. The van der Waals surface area contributed by atoms with E-state index < -0.39 is 0 Å². The van der Waals surface area contributed by atoms with Gasteiger partial charge in [0.25, 0.3) is 0 Å². The van der Waals surface area contributed by atoms with Crippen LogP contribution in [0.1, 0.15) is 17.5 Å². The fourth-order valence-corrected chi connectivity index (χ4v) is 2.82. The van der Waals surface area contributed by atoms with Gasteiger partial charge in [0, 0.05) is 29.0 Å². The minimum absolute atomic E-state index is 0.181. The zero-order valence-corrected chi connectivity index (χ0v) is 12.3. The zero-order valence-electron chi connectivity index (χ0n) is 9.96. The lowest BCUT2D eigenvalue weighted by Crippen LogP contribution is -2.25. The van der Waals surface area contributed by atoms with Crippen molar-refractivity contribution in [1.82, 2.24) is 0 Å². The van der Waals surface area contributed by atoms with Gasteiger partial charge in [-0.25, -0.2) is 0 Å². The summed E-state index contributed by atoms with van der Waals surface area (Å²) in [7, 11) is 0. The second-order valence-electron chi connectivity index (χ2n) is 4.55. The van der Waals surface area contributed by atoms with Crippen molar-refractivity contribution in [2.45, 2.75) is 20.3 Å². The van der Waals surface area contributed by atoms with E-state index in [0.29, 0.717) is 12.3 Å². The van der Waals surface area contributed by atoms with Gasteiger partial charge in [0.15, 0.2) is 0 Å². The Morgan fingerprint density at radius 2 is 2.12 bits per heavy atom. The van der Waals surface area contributed by atoms with Crippen LogP contribution in [0, 0.1) is 19.8 Å². The summed E-state index contributed by atoms with van der Waals surface area (Å²) in [5.41, 5.74) is 3.36. The van der Waals surface area contributed by atoms with Gasteiger partial charge in [-0.3, -0.25) is 4.79 Å². The molecule has 92 valence electrons. The van der Waals surface area contributed by atoms with E-state index in [2.05, 4.69) is 29.8 Å². The Morgan fingerprint density at radius 1 is 1.41 bits per heavy atom. The molecule has 17 heavy (non-hydrogen) atoms. The zero-order chi connectivity index (χ0) is 12.6. The molecule has 4 heteroatoms. The highest BCUT2D eigenvalue weighted by molar-refractivity contribution is 9.10. The molecule has 1 saturated heterocycles. The lowest BCUT2D eigenvalue weighted by molar-refractivity contribution is -0.117. The highest BCUT2D eigenvalue weighted by atomic mass is 79.9. The van der Waals surface area contributed by atoms with Gasteiger partial charge in [0.1, 0.15) is 0 Å². The number of rotatable bonds is 2. The van der Waals surface area contributed by atoms with Crippen LogP contribution in [-0.2, 0) is 4.79 Å². The Hall–Kier alpha value is -0.540. The van der Waals surface area contributed by atoms with E-state index in [1.54, 1.807) is 0 Å². The SMILES string of the molecule is Cc1c(Br)ccc(N2CC(CCl)CC2=O)c1C. The molecule has 0 spiro atoms. The number of anilines is 1. The van der Waals surface area contributed by atoms with Crippen molar-refractivity contribution < 1.29 is 4.79 Å². The molecule has 1 fully saturated rings. The monoisotopic (exact) mass is 315 g/mol. The number of hydrogen-bond acceptors (Lipinski definition) is 1. The maximum atomic E-state index is 11.9. The van der Waals surface area contributed by atoms with Crippen LogP contribution < -0.4 is 4.90 Å². The van der Waals surface area contributed by atoms with Crippen molar-refractivity contribution in [2.24, 2.45) is 5.92 Å². The van der Waals surface area contributed by atoms with Crippen LogP contribution in [0.15, 0.2) is 16.6 Å². The average molecular weight is 317 g/mol. The highest BCUT2D eigenvalue weighted by Crippen LogP contribution is 2.32. The first-order valence-electron chi connectivity index (χ1n) is 5.66. The highest BCUT2D eigenvalue weighted by Gasteiger charge is 2.30. The van der Waals surface area contributed by atoms with Crippen LogP contribution in [0.2, 0.25) is 0 Å². The van der Waals surface area contributed by atoms with Crippen LogP contribution in [0.25, 0.3) is 0 Å². The van der Waals surface area contributed by atoms with E-state index in [4.69, 9.17) is 11.6 Å². The summed E-state index contributed by atoms with van der Waals surface area (Å²) >= 11 is 9.34. The van der Waals surface area contributed by atoms with Crippen molar-refractivity contribution in [3.05, 3.63) is 27.7 Å². The normalized spacial score (nSPS) is 20.1. The van der Waals surface area contributed by atoms with Crippen LogP contribution >= 0.6 is 27.5 Å². The fourth-order valence-electron chi connectivity index (χ4n) is 2.18. The molecule has 1 aromatic rings. The molecule has 1 aliphatic heterocycles. The molecular formula is C13H15BrClNO. The van der Waals surface area contributed by atoms with Crippen molar-refractivity contribution >= 4 is 39.1 Å². The van der Waals surface area contributed by atoms with Crippen molar-refractivity contribution in [3.8, 4) is 0 Å². The molecule has 2 nitrogen and oxygen atoms in total. The largest absolute Gasteiger partial charge is 0.312 e. The van der Waals surface area contributed by atoms with E-state index >= 15 is 0 Å². The van der Waals surface area contributed by atoms with E-state index in [-0.39, 0.29) is 11.8 Å². The third-order valence-electron chi connectivity index (χ3n) is 3.41. The summed E-state index contributed by atoms with van der Waals surface area (Å²) < 4.78 is 1.08. The van der Waals surface area contributed by atoms with Gasteiger partial charge in [-0.1, -0.05) is 15.9 Å². The quantitative estimate of drug-likeness (QED) is 0.763. The number of halogens is 2. The number of alkyl halides is 1. The van der Waals surface area contributed by atoms with E-state index in [1.165, 1.54) is 5.56 Å². The van der Waals surface area contributed by atoms with E-state index in [9.17, 15) is 4.79 Å². The first kappa shape index (κ1) is 12.9. The summed E-state index contributed by atoms with van der Waals surface area (Å²) in [5, 5.41) is 0. The number of hydrogen-bond donors (Lipinski definition) is 0. The Balaban J connectivity index is 2.35. The average Bonchev–Trinajstić information content (AvgIpc) is 2.68. The third-order valence-corrected chi connectivity index (χ3v) is 4.70. The van der Waals surface area contributed by atoms with Crippen LogP contribution in [-0.4, -0.2) is 18.3 Å². The van der Waals surface area contributed by atoms with E-state index in [0.717, 1.165) is 22.3 Å². The van der Waals surface area contributed by atoms with Crippen LogP contribution in [0.3, 0.4) is 0 Å². The van der Waals surface area contributed by atoms with Gasteiger partial charge in [-0.05, 0) is 43.0 Å². The van der Waals surface area contributed by atoms with Gasteiger partial charge in [0.2, 0.25) is 5.91 Å². The molecule has 1 atom stereocenters. The Kier molecular flexibility index (Phi) is 3.79. The molecule has 1 aromatic carbocycles. The molecule has 1 aliphatic rings. The molecule has 0 aliphatic carbocycles. The van der Waals surface area contributed by atoms with Crippen molar-refractivity contribution in [2.75, 3.05) is 17.3 Å². The van der Waals surface area contributed by atoms with Gasteiger partial charge in [-0.2, -0.15) is 0 Å². The maximum Gasteiger partial charge on any atom is 0.227 e. The lowest BCUT2D eigenvalue weighted by atomic mass is 10.1. The third kappa shape index (κ3) is 2.36. The smallest absolute Gasteiger partial charge is 0.227 e. The summed E-state index contributed by atoms with van der Waals surface area (Å²) in [6.07, 6.45) is 0.568. The van der Waals surface area contributed by atoms with Crippen molar-refractivity contribution in [1.29, 1.82) is 0 Å². The number of nitrogens with zero attached hydrogens (tertiary/aromatic N) is 1. The second-order valence-corrected chi connectivity index (χ2v) is 5.71. The fraction of sp³-hybridized carbons (Fsp3) is 0.462. The molecule has 0 bridgehead atoms. The van der Waals surface area contributed by atoms with Gasteiger partial charge in [-0.15, -0.1) is 11.6 Å². The molecule has 0 radical (unpaired) electrons. The number of amides is 1. The molecule has 2 rings (SSSR count). The van der Waals surface area contributed by atoms with Gasteiger partial charge >= 0.3 is 0 Å². The molecule has 1 heterocycles. The van der Waals surface area contributed by atoms with Crippen molar-refractivity contribution in [3.63, 3.8) is 0 Å². The van der Waals surface area contributed by atoms with E-state index in [1.807, 2.05) is 17.0 Å². The van der Waals surface area contributed by atoms with Gasteiger partial charge < -0.3 is 4.90 Å². The summed E-state index contributed by atoms with van der Waals surface area (Å²) in [4.78, 5) is 13.8. The summed E-state index contributed by atoms with van der Waals surface area (Å²) in [6.45, 7) is 4.85. The first-order valence-corrected chi connectivity index (χ1v) is 6.99. The topological polar surface area (TPSA) is 20.3 Å². The Morgan fingerprint density at radius 3 is 2.71 bits per heavy atom. The minimum Gasteiger partial charge on any atom is -0.312 e. The Bertz CT molecular complexity index is 461. The Labute approximate surface area is 115 Å². The number of carbonyl (C=O) groups excluding carboxylic acids is 1. The second kappa shape index (κ2) is 4.99. The molecule has 1 unspecified atom stereocenters. The lowest BCUT2D eigenvalue weighted by Gasteiger charge is -2.20. The maximum absolute atomic E-state index is 11.9. The van der Waals surface area contributed by atoms with Gasteiger partial charge in [0.05, 0.1) is 0 Å². The molecule has 0 aromatic heterocycles. The number of carbonyl (C=O) groups is 1. The minimum atomic E-state index is 0.181. The molecule has 0 N–H and O–H groups in total. The standard InChI is InChI=1S/C13H15BrClNO/c1-8-9(2)12(4-3-11(8)14)16-7-10(6-15)5-13(16)17/h3-4,10H,5-7H2,1-2H3. The predicted molar refractivity (Wildman–Crippen MR) is 74.8 cm³/mol.